The fourth-order valence-corrected chi connectivity index (χ4v) is 2.51. The van der Waals surface area contributed by atoms with Crippen molar-refractivity contribution in [2.45, 2.75) is 6.42 Å². The van der Waals surface area contributed by atoms with Gasteiger partial charge in [-0.15, -0.1) is 0 Å². The molecule has 0 spiro atoms. The summed E-state index contributed by atoms with van der Waals surface area (Å²) in [6.45, 7) is 5.04. The van der Waals surface area contributed by atoms with E-state index >= 15 is 0 Å². The van der Waals surface area contributed by atoms with Crippen LogP contribution in [0.15, 0.2) is 24.3 Å². The van der Waals surface area contributed by atoms with Crippen molar-refractivity contribution in [2.75, 3.05) is 63.7 Å². The summed E-state index contributed by atoms with van der Waals surface area (Å²) in [6, 6.07) is 7.59. The number of benzene rings is 1. The number of carbonyl (C=O) groups is 2. The summed E-state index contributed by atoms with van der Waals surface area (Å²) < 4.78 is 4.89. The molecule has 0 unspecified atom stereocenters. The number of nitrogens with one attached hydrogen (secondary N) is 2. The first-order chi connectivity index (χ1) is 11.6. The number of rotatable bonds is 6. The van der Waals surface area contributed by atoms with Crippen molar-refractivity contribution in [3.63, 3.8) is 0 Å². The molecule has 1 aromatic rings. The maximum absolute atomic E-state index is 11.8. The van der Waals surface area contributed by atoms with Crippen molar-refractivity contribution < 1.29 is 14.3 Å². The highest BCUT2D eigenvalue weighted by Crippen LogP contribution is 2.19. The fourth-order valence-electron chi connectivity index (χ4n) is 2.51. The molecular formula is C17H26N4O3. The molecule has 0 atom stereocenters. The van der Waals surface area contributed by atoms with Crippen LogP contribution in [-0.2, 0) is 14.3 Å². The Kier molecular flexibility index (Phi) is 7.02. The van der Waals surface area contributed by atoms with Gasteiger partial charge < -0.3 is 25.2 Å². The average Bonchev–Trinajstić information content (AvgIpc) is 2.60. The van der Waals surface area contributed by atoms with Crippen LogP contribution < -0.4 is 15.5 Å². The quantitative estimate of drug-likeness (QED) is 0.586. The number of likely N-dealkylation sites (N-methyl/N-ethyl adjacent to an activating group) is 1. The van der Waals surface area contributed by atoms with Gasteiger partial charge in [0.05, 0.1) is 0 Å². The number of anilines is 2. The first kappa shape index (κ1) is 18.2. The summed E-state index contributed by atoms with van der Waals surface area (Å²) in [7, 11) is 3.72. The van der Waals surface area contributed by atoms with Crippen molar-refractivity contribution in [2.24, 2.45) is 0 Å². The van der Waals surface area contributed by atoms with Gasteiger partial charge in [0.15, 0.2) is 0 Å². The summed E-state index contributed by atoms with van der Waals surface area (Å²) in [5, 5.41) is 5.17. The number of hydrogen-bond donors (Lipinski definition) is 2. The summed E-state index contributed by atoms with van der Waals surface area (Å²) >= 11 is 0. The molecule has 2 amide bonds. The van der Waals surface area contributed by atoms with Gasteiger partial charge in [-0.3, -0.25) is 9.59 Å². The topological polar surface area (TPSA) is 73.9 Å². The van der Waals surface area contributed by atoms with E-state index in [0.717, 1.165) is 31.9 Å². The summed E-state index contributed by atoms with van der Waals surface area (Å²) in [6.07, 6.45) is 0.676. The SMILES string of the molecule is COCCCNC(=O)C(=O)Nc1ccc(N2CCN(C)CC2)cc1. The zero-order chi connectivity index (χ0) is 17.4. The van der Waals surface area contributed by atoms with Gasteiger partial charge >= 0.3 is 11.8 Å². The van der Waals surface area contributed by atoms with Crippen LogP contribution in [-0.4, -0.2) is 70.2 Å². The van der Waals surface area contributed by atoms with Gasteiger partial charge in [0.25, 0.3) is 0 Å². The third-order valence-corrected chi connectivity index (χ3v) is 4.01. The first-order valence-corrected chi connectivity index (χ1v) is 8.22. The molecule has 0 saturated carbocycles. The second kappa shape index (κ2) is 9.24. The number of carbonyl (C=O) groups excluding carboxylic acids is 2. The van der Waals surface area contributed by atoms with Gasteiger partial charge in [-0.25, -0.2) is 0 Å². The third-order valence-electron chi connectivity index (χ3n) is 4.01. The molecule has 1 aliphatic heterocycles. The lowest BCUT2D eigenvalue weighted by molar-refractivity contribution is -0.136. The lowest BCUT2D eigenvalue weighted by atomic mass is 10.2. The van der Waals surface area contributed by atoms with E-state index in [-0.39, 0.29) is 0 Å². The van der Waals surface area contributed by atoms with Gasteiger partial charge in [-0.2, -0.15) is 0 Å². The Bertz CT molecular complexity index is 539. The Balaban J connectivity index is 1.80. The first-order valence-electron chi connectivity index (χ1n) is 8.22. The lowest BCUT2D eigenvalue weighted by Crippen LogP contribution is -2.44. The molecule has 2 N–H and O–H groups in total. The van der Waals surface area contributed by atoms with E-state index in [2.05, 4.69) is 27.5 Å². The minimum atomic E-state index is -0.653. The summed E-state index contributed by atoms with van der Waals surface area (Å²) in [5.74, 6) is -1.28. The number of hydrogen-bond acceptors (Lipinski definition) is 5. The van der Waals surface area contributed by atoms with Crippen molar-refractivity contribution in [3.05, 3.63) is 24.3 Å². The van der Waals surface area contributed by atoms with Crippen LogP contribution in [0.4, 0.5) is 11.4 Å². The summed E-state index contributed by atoms with van der Waals surface area (Å²) in [5.41, 5.74) is 1.75. The van der Waals surface area contributed by atoms with Gasteiger partial charge in [0.1, 0.15) is 0 Å². The second-order valence-electron chi connectivity index (χ2n) is 5.89. The molecule has 0 aliphatic carbocycles. The third kappa shape index (κ3) is 5.50. The van der Waals surface area contributed by atoms with Crippen LogP contribution >= 0.6 is 0 Å². The Morgan fingerprint density at radius 1 is 1.08 bits per heavy atom. The number of methoxy groups -OCH3 is 1. The van der Waals surface area contributed by atoms with E-state index < -0.39 is 11.8 Å². The number of nitrogens with zero attached hydrogens (tertiary/aromatic N) is 2. The smallest absolute Gasteiger partial charge is 0.313 e. The zero-order valence-corrected chi connectivity index (χ0v) is 14.4. The largest absolute Gasteiger partial charge is 0.385 e. The maximum atomic E-state index is 11.8. The van der Waals surface area contributed by atoms with E-state index in [4.69, 9.17) is 4.74 Å². The fraction of sp³-hybridized carbons (Fsp3) is 0.529. The Morgan fingerprint density at radius 2 is 1.75 bits per heavy atom. The van der Waals surface area contributed by atoms with Crippen molar-refractivity contribution in [1.29, 1.82) is 0 Å². The minimum Gasteiger partial charge on any atom is -0.385 e. The minimum absolute atomic E-state index is 0.419. The van der Waals surface area contributed by atoms with E-state index in [1.54, 1.807) is 7.11 Å². The molecule has 1 fully saturated rings. The molecule has 1 aliphatic rings. The molecule has 0 aromatic heterocycles. The number of piperazine rings is 1. The Hall–Kier alpha value is -2.12. The van der Waals surface area contributed by atoms with Crippen LogP contribution in [0.25, 0.3) is 0 Å². The molecule has 1 aromatic carbocycles. The molecule has 1 heterocycles. The maximum Gasteiger partial charge on any atom is 0.313 e. The molecule has 7 nitrogen and oxygen atoms in total. The highest BCUT2D eigenvalue weighted by atomic mass is 16.5. The van der Waals surface area contributed by atoms with Gasteiger partial charge in [0.2, 0.25) is 0 Å². The van der Waals surface area contributed by atoms with Gasteiger partial charge in [0, 0.05) is 57.8 Å². The molecule has 0 bridgehead atoms. The molecule has 0 radical (unpaired) electrons. The molecule has 2 rings (SSSR count). The van der Waals surface area contributed by atoms with Gasteiger partial charge in [-0.05, 0) is 37.7 Å². The monoisotopic (exact) mass is 334 g/mol. The molecule has 1 saturated heterocycles. The molecular weight excluding hydrogens is 308 g/mol. The molecule has 7 heteroatoms. The predicted octanol–water partition coefficient (Wildman–Crippen LogP) is 0.530. The molecule has 24 heavy (non-hydrogen) atoms. The lowest BCUT2D eigenvalue weighted by Gasteiger charge is -2.34. The van der Waals surface area contributed by atoms with Crippen LogP contribution in [0, 0.1) is 0 Å². The van der Waals surface area contributed by atoms with Crippen molar-refractivity contribution in [3.8, 4) is 0 Å². The van der Waals surface area contributed by atoms with Crippen molar-refractivity contribution in [1.82, 2.24) is 10.2 Å². The average molecular weight is 334 g/mol. The van der Waals surface area contributed by atoms with Crippen LogP contribution in [0.1, 0.15) is 6.42 Å². The number of ether oxygens (including phenoxy) is 1. The van der Waals surface area contributed by atoms with Crippen LogP contribution in [0.5, 0.6) is 0 Å². The van der Waals surface area contributed by atoms with Crippen LogP contribution in [0.2, 0.25) is 0 Å². The highest BCUT2D eigenvalue weighted by molar-refractivity contribution is 6.39. The zero-order valence-electron chi connectivity index (χ0n) is 14.4. The predicted molar refractivity (Wildman–Crippen MR) is 94.3 cm³/mol. The summed E-state index contributed by atoms with van der Waals surface area (Å²) in [4.78, 5) is 28.1. The van der Waals surface area contributed by atoms with E-state index in [9.17, 15) is 9.59 Å². The Morgan fingerprint density at radius 3 is 2.38 bits per heavy atom. The van der Waals surface area contributed by atoms with Crippen LogP contribution in [0.3, 0.4) is 0 Å². The Labute approximate surface area is 142 Å². The van der Waals surface area contributed by atoms with Crippen molar-refractivity contribution >= 4 is 23.2 Å². The second-order valence-corrected chi connectivity index (χ2v) is 5.89. The molecule has 132 valence electrons. The van der Waals surface area contributed by atoms with E-state index in [1.807, 2.05) is 24.3 Å². The number of amides is 2. The van der Waals surface area contributed by atoms with Gasteiger partial charge in [-0.1, -0.05) is 0 Å². The van der Waals surface area contributed by atoms with E-state index in [0.29, 0.717) is 25.3 Å². The normalized spacial score (nSPS) is 15.2. The van der Waals surface area contributed by atoms with E-state index in [1.165, 1.54) is 0 Å². The highest BCUT2D eigenvalue weighted by Gasteiger charge is 2.15. The standard InChI is InChI=1S/C17H26N4O3/c1-20-9-11-21(12-10-20)15-6-4-14(5-7-15)19-17(23)16(22)18-8-3-13-24-2/h4-7H,3,8-13H2,1-2H3,(H,18,22)(H,19,23).